The first-order valence-electron chi connectivity index (χ1n) is 5.96. The van der Waals surface area contributed by atoms with Gasteiger partial charge in [-0.05, 0) is 45.8 Å². The molecular formula is C15H12BrFN2O. The minimum atomic E-state index is -0.282. The molecule has 0 saturated carbocycles. The molecule has 1 N–H and O–H groups in total. The first kappa shape index (κ1) is 14.4. The lowest BCUT2D eigenvalue weighted by molar-refractivity contribution is 0.368. The number of nitriles is 1. The third-order valence-corrected chi connectivity index (χ3v) is 3.26. The topological polar surface area (TPSA) is 45.0 Å². The molecule has 2 aromatic rings. The lowest BCUT2D eigenvalue weighted by Gasteiger charge is -2.09. The maximum Gasteiger partial charge on any atom is 0.174 e. The Morgan fingerprint density at radius 2 is 2.10 bits per heavy atom. The Kier molecular flexibility index (Phi) is 4.97. The second-order valence-electron chi connectivity index (χ2n) is 4.08. The van der Waals surface area contributed by atoms with Gasteiger partial charge in [-0.15, -0.1) is 0 Å². The van der Waals surface area contributed by atoms with Crippen LogP contribution in [0.3, 0.4) is 0 Å². The van der Waals surface area contributed by atoms with Gasteiger partial charge in [0.25, 0.3) is 0 Å². The molecule has 0 atom stereocenters. The summed E-state index contributed by atoms with van der Waals surface area (Å²) in [5.74, 6) is 0.342. The molecule has 0 heterocycles. The number of nitrogens with zero attached hydrogens (tertiary/aromatic N) is 1. The van der Waals surface area contributed by atoms with Crippen LogP contribution in [0.15, 0.2) is 46.9 Å². The average molecular weight is 335 g/mol. The molecular weight excluding hydrogens is 323 g/mol. The Morgan fingerprint density at radius 1 is 1.25 bits per heavy atom. The van der Waals surface area contributed by atoms with Crippen LogP contribution in [0.5, 0.6) is 5.75 Å². The summed E-state index contributed by atoms with van der Waals surface area (Å²) < 4.78 is 19.1. The van der Waals surface area contributed by atoms with E-state index in [0.717, 1.165) is 11.3 Å². The number of rotatable bonds is 5. The highest BCUT2D eigenvalue weighted by Gasteiger charge is 2.01. The molecule has 20 heavy (non-hydrogen) atoms. The van der Waals surface area contributed by atoms with Crippen LogP contribution in [0, 0.1) is 17.1 Å². The SMILES string of the molecule is N#CCOc1cccc(NCc2ccc(Br)c(F)c2)c1. The Morgan fingerprint density at radius 3 is 2.85 bits per heavy atom. The minimum Gasteiger partial charge on any atom is -0.479 e. The molecule has 0 bridgehead atoms. The molecule has 102 valence electrons. The van der Waals surface area contributed by atoms with E-state index >= 15 is 0 Å². The lowest BCUT2D eigenvalue weighted by atomic mass is 10.2. The zero-order chi connectivity index (χ0) is 14.4. The molecule has 0 aliphatic heterocycles. The van der Waals surface area contributed by atoms with Gasteiger partial charge in [0.2, 0.25) is 0 Å². The van der Waals surface area contributed by atoms with Crippen LogP contribution in [-0.4, -0.2) is 6.61 Å². The molecule has 2 aromatic carbocycles. The van der Waals surface area contributed by atoms with Gasteiger partial charge in [0.05, 0.1) is 4.47 Å². The second-order valence-corrected chi connectivity index (χ2v) is 4.93. The van der Waals surface area contributed by atoms with E-state index in [1.54, 1.807) is 18.2 Å². The van der Waals surface area contributed by atoms with Crippen LogP contribution in [0.1, 0.15) is 5.56 Å². The van der Waals surface area contributed by atoms with Gasteiger partial charge in [-0.2, -0.15) is 5.26 Å². The van der Waals surface area contributed by atoms with E-state index in [-0.39, 0.29) is 12.4 Å². The molecule has 0 unspecified atom stereocenters. The summed E-state index contributed by atoms with van der Waals surface area (Å²) in [6.45, 7) is 0.521. The molecule has 0 aliphatic rings. The molecule has 5 heteroatoms. The molecule has 0 aromatic heterocycles. The summed E-state index contributed by atoms with van der Waals surface area (Å²) in [4.78, 5) is 0. The summed E-state index contributed by atoms with van der Waals surface area (Å²) in [5, 5.41) is 11.6. The van der Waals surface area contributed by atoms with Gasteiger partial charge in [0, 0.05) is 18.3 Å². The van der Waals surface area contributed by atoms with E-state index in [4.69, 9.17) is 10.00 Å². The monoisotopic (exact) mass is 334 g/mol. The zero-order valence-electron chi connectivity index (χ0n) is 10.6. The number of hydrogen-bond acceptors (Lipinski definition) is 3. The molecule has 0 radical (unpaired) electrons. The third-order valence-electron chi connectivity index (χ3n) is 2.62. The van der Waals surface area contributed by atoms with E-state index in [2.05, 4.69) is 21.2 Å². The fourth-order valence-corrected chi connectivity index (χ4v) is 1.91. The highest BCUT2D eigenvalue weighted by Crippen LogP contribution is 2.20. The Balaban J connectivity index is 1.99. The molecule has 2 rings (SSSR count). The van der Waals surface area contributed by atoms with E-state index in [1.165, 1.54) is 6.07 Å². The van der Waals surface area contributed by atoms with E-state index in [0.29, 0.717) is 16.8 Å². The molecule has 0 aliphatic carbocycles. The van der Waals surface area contributed by atoms with Gasteiger partial charge < -0.3 is 10.1 Å². The third kappa shape index (κ3) is 3.97. The van der Waals surface area contributed by atoms with Gasteiger partial charge >= 0.3 is 0 Å². The smallest absolute Gasteiger partial charge is 0.174 e. The number of nitrogens with one attached hydrogen (secondary N) is 1. The number of hydrogen-bond donors (Lipinski definition) is 1. The van der Waals surface area contributed by atoms with Gasteiger partial charge in [-0.3, -0.25) is 0 Å². The van der Waals surface area contributed by atoms with E-state index in [1.807, 2.05) is 24.3 Å². The zero-order valence-corrected chi connectivity index (χ0v) is 12.2. The van der Waals surface area contributed by atoms with Crippen molar-refractivity contribution >= 4 is 21.6 Å². The molecule has 3 nitrogen and oxygen atoms in total. The van der Waals surface area contributed by atoms with E-state index < -0.39 is 0 Å². The molecule has 0 amide bonds. The van der Waals surface area contributed by atoms with Crippen LogP contribution >= 0.6 is 15.9 Å². The predicted molar refractivity (Wildman–Crippen MR) is 79.0 cm³/mol. The van der Waals surface area contributed by atoms with Crippen molar-refractivity contribution < 1.29 is 9.13 Å². The second kappa shape index (κ2) is 6.92. The predicted octanol–water partition coefficient (Wildman–Crippen LogP) is 4.10. The summed E-state index contributed by atoms with van der Waals surface area (Å²) in [6.07, 6.45) is 0. The lowest BCUT2D eigenvalue weighted by Crippen LogP contribution is -2.00. The van der Waals surface area contributed by atoms with Crippen molar-refractivity contribution in [3.05, 3.63) is 58.3 Å². The fraction of sp³-hybridized carbons (Fsp3) is 0.133. The summed E-state index contributed by atoms with van der Waals surface area (Å²) >= 11 is 3.12. The maximum absolute atomic E-state index is 13.4. The van der Waals surface area contributed by atoms with Crippen molar-refractivity contribution in [3.8, 4) is 11.8 Å². The first-order chi connectivity index (χ1) is 9.69. The van der Waals surface area contributed by atoms with Crippen molar-refractivity contribution in [2.45, 2.75) is 6.54 Å². The van der Waals surface area contributed by atoms with Gasteiger partial charge in [0.1, 0.15) is 17.6 Å². The molecule has 0 spiro atoms. The summed E-state index contributed by atoms with van der Waals surface area (Å²) in [5.41, 5.74) is 1.69. The number of anilines is 1. The summed E-state index contributed by atoms with van der Waals surface area (Å²) in [6, 6.07) is 14.2. The fourth-order valence-electron chi connectivity index (χ4n) is 1.67. The largest absolute Gasteiger partial charge is 0.479 e. The van der Waals surface area contributed by atoms with Crippen LogP contribution in [0.4, 0.5) is 10.1 Å². The first-order valence-corrected chi connectivity index (χ1v) is 6.76. The van der Waals surface area contributed by atoms with Gasteiger partial charge in [-0.1, -0.05) is 12.1 Å². The Bertz CT molecular complexity index is 640. The number of benzene rings is 2. The Hall–Kier alpha value is -2.06. The normalized spacial score (nSPS) is 9.85. The van der Waals surface area contributed by atoms with Crippen molar-refractivity contribution in [1.29, 1.82) is 5.26 Å². The minimum absolute atomic E-state index is 0.0153. The van der Waals surface area contributed by atoms with Crippen molar-refractivity contribution in [2.75, 3.05) is 11.9 Å². The highest BCUT2D eigenvalue weighted by atomic mass is 79.9. The Labute approximate surface area is 125 Å². The quantitative estimate of drug-likeness (QED) is 0.895. The standard InChI is InChI=1S/C15H12BrFN2O/c16-14-5-4-11(8-15(14)17)10-19-12-2-1-3-13(9-12)20-7-6-18/h1-5,8-9,19H,7,10H2. The maximum atomic E-state index is 13.4. The van der Waals surface area contributed by atoms with E-state index in [9.17, 15) is 4.39 Å². The van der Waals surface area contributed by atoms with Crippen molar-refractivity contribution in [3.63, 3.8) is 0 Å². The number of halogens is 2. The highest BCUT2D eigenvalue weighted by molar-refractivity contribution is 9.10. The van der Waals surface area contributed by atoms with Gasteiger partial charge in [0.15, 0.2) is 6.61 Å². The molecule has 0 saturated heterocycles. The van der Waals surface area contributed by atoms with Crippen LogP contribution in [0.25, 0.3) is 0 Å². The van der Waals surface area contributed by atoms with Crippen LogP contribution in [0.2, 0.25) is 0 Å². The average Bonchev–Trinajstić information content (AvgIpc) is 2.47. The summed E-state index contributed by atoms with van der Waals surface area (Å²) in [7, 11) is 0. The van der Waals surface area contributed by atoms with Crippen LogP contribution in [-0.2, 0) is 6.54 Å². The molecule has 0 fully saturated rings. The van der Waals surface area contributed by atoms with Gasteiger partial charge in [-0.25, -0.2) is 4.39 Å². The van der Waals surface area contributed by atoms with Crippen molar-refractivity contribution in [2.24, 2.45) is 0 Å². The van der Waals surface area contributed by atoms with Crippen LogP contribution < -0.4 is 10.1 Å². The van der Waals surface area contributed by atoms with Crippen molar-refractivity contribution in [1.82, 2.24) is 0 Å². The number of ether oxygens (including phenoxy) is 1.